The number of rotatable bonds is 0. The third-order valence-electron chi connectivity index (χ3n) is 4.51. The van der Waals surface area contributed by atoms with E-state index < -0.39 is 0 Å². The van der Waals surface area contributed by atoms with Crippen LogP contribution in [0.5, 0.6) is 0 Å². The average molecular weight is 289 g/mol. The van der Waals surface area contributed by atoms with E-state index in [4.69, 9.17) is 0 Å². The third-order valence-corrected chi connectivity index (χ3v) is 4.51. The molecule has 4 nitrogen and oxygen atoms in total. The highest BCUT2D eigenvalue weighted by Gasteiger charge is 2.26. The van der Waals surface area contributed by atoms with Gasteiger partial charge in [-0.3, -0.25) is 4.79 Å². The lowest BCUT2D eigenvalue weighted by Gasteiger charge is -2.08. The Labute approximate surface area is 127 Å². The second-order valence-corrected chi connectivity index (χ2v) is 6.07. The monoisotopic (exact) mass is 289 g/mol. The van der Waals surface area contributed by atoms with Crippen LogP contribution in [0.25, 0.3) is 22.2 Å². The number of aryl methyl sites for hydroxylation is 3. The first-order chi connectivity index (χ1) is 10.5. The third kappa shape index (κ3) is 1.48. The Morgan fingerprint density at radius 2 is 1.95 bits per heavy atom. The van der Waals surface area contributed by atoms with E-state index in [2.05, 4.69) is 31.0 Å². The molecular weight excluding hydrogens is 274 g/mol. The minimum Gasteiger partial charge on any atom is -0.356 e. The summed E-state index contributed by atoms with van der Waals surface area (Å²) in [5, 5.41) is 10.3. The molecule has 0 saturated heterocycles. The molecular formula is C18H15N3O. The van der Waals surface area contributed by atoms with Gasteiger partial charge in [0.1, 0.15) is 11.6 Å². The van der Waals surface area contributed by atoms with Crippen molar-refractivity contribution in [2.24, 2.45) is 0 Å². The van der Waals surface area contributed by atoms with Crippen molar-refractivity contribution in [3.63, 3.8) is 0 Å². The number of pyridine rings is 1. The van der Waals surface area contributed by atoms with Crippen molar-refractivity contribution >= 4 is 10.9 Å². The lowest BCUT2D eigenvalue weighted by molar-refractivity contribution is 0.783. The van der Waals surface area contributed by atoms with Crippen LogP contribution in [0.3, 0.4) is 0 Å². The molecule has 4 heteroatoms. The Kier molecular flexibility index (Phi) is 2.41. The summed E-state index contributed by atoms with van der Waals surface area (Å²) in [6, 6.07) is 8.30. The van der Waals surface area contributed by atoms with Crippen molar-refractivity contribution in [2.45, 2.75) is 27.3 Å². The van der Waals surface area contributed by atoms with Crippen LogP contribution in [-0.2, 0) is 6.54 Å². The number of hydrogen-bond acceptors (Lipinski definition) is 2. The van der Waals surface area contributed by atoms with E-state index in [1.54, 1.807) is 4.57 Å². The molecule has 1 aromatic carbocycles. The molecule has 1 aliphatic rings. The van der Waals surface area contributed by atoms with E-state index in [1.807, 2.05) is 19.1 Å². The van der Waals surface area contributed by atoms with Gasteiger partial charge in [0.05, 0.1) is 12.2 Å². The van der Waals surface area contributed by atoms with Crippen LogP contribution >= 0.6 is 0 Å². The topological polar surface area (TPSA) is 61.6 Å². The lowest BCUT2D eigenvalue weighted by Crippen LogP contribution is -2.22. The maximum Gasteiger partial charge on any atom is 0.269 e. The average Bonchev–Trinajstić information content (AvgIpc) is 2.97. The molecule has 0 bridgehead atoms. The van der Waals surface area contributed by atoms with Gasteiger partial charge in [-0.15, -0.1) is 0 Å². The van der Waals surface area contributed by atoms with Crippen molar-refractivity contribution in [3.8, 4) is 17.3 Å². The fraction of sp³-hybridized carbons (Fsp3) is 0.222. The summed E-state index contributed by atoms with van der Waals surface area (Å²) in [4.78, 5) is 15.9. The van der Waals surface area contributed by atoms with E-state index in [1.165, 1.54) is 11.1 Å². The molecule has 4 rings (SSSR count). The van der Waals surface area contributed by atoms with Crippen LogP contribution in [0, 0.1) is 32.1 Å². The van der Waals surface area contributed by atoms with Crippen molar-refractivity contribution in [3.05, 3.63) is 56.5 Å². The second-order valence-electron chi connectivity index (χ2n) is 6.07. The number of aromatic amines is 1. The molecule has 0 saturated carbocycles. The van der Waals surface area contributed by atoms with Gasteiger partial charge in [0, 0.05) is 22.2 Å². The molecule has 0 radical (unpaired) electrons. The molecule has 0 spiro atoms. The van der Waals surface area contributed by atoms with Gasteiger partial charge in [-0.25, -0.2) is 0 Å². The highest BCUT2D eigenvalue weighted by Crippen LogP contribution is 2.39. The Balaban J connectivity index is 2.13. The number of H-pyrrole nitrogens is 1. The molecule has 1 aliphatic heterocycles. The molecule has 108 valence electrons. The van der Waals surface area contributed by atoms with E-state index >= 15 is 0 Å². The fourth-order valence-electron chi connectivity index (χ4n) is 3.54. The van der Waals surface area contributed by atoms with Crippen molar-refractivity contribution in [1.82, 2.24) is 9.55 Å². The molecule has 2 aromatic heterocycles. The zero-order valence-corrected chi connectivity index (χ0v) is 12.7. The van der Waals surface area contributed by atoms with Crippen LogP contribution in [0.2, 0.25) is 0 Å². The SMILES string of the molecule is Cc1cc(C)c2[nH]c3c(c2c1)-c1cc(C)c(C#N)c(=O)n1C3. The second kappa shape index (κ2) is 4.11. The van der Waals surface area contributed by atoms with Gasteiger partial charge in [-0.2, -0.15) is 5.26 Å². The predicted octanol–water partition coefficient (Wildman–Crippen LogP) is 3.16. The van der Waals surface area contributed by atoms with Crippen LogP contribution in [0.4, 0.5) is 0 Å². The van der Waals surface area contributed by atoms with E-state index in [9.17, 15) is 10.1 Å². The van der Waals surface area contributed by atoms with Crippen LogP contribution in [0.15, 0.2) is 23.0 Å². The number of fused-ring (bicyclic) bond motifs is 5. The van der Waals surface area contributed by atoms with Crippen molar-refractivity contribution < 1.29 is 0 Å². The highest BCUT2D eigenvalue weighted by molar-refractivity contribution is 5.99. The molecule has 22 heavy (non-hydrogen) atoms. The summed E-state index contributed by atoms with van der Waals surface area (Å²) >= 11 is 0. The number of nitrogens with zero attached hydrogens (tertiary/aromatic N) is 2. The molecule has 0 unspecified atom stereocenters. The van der Waals surface area contributed by atoms with Gasteiger partial charge in [0.15, 0.2) is 0 Å². The summed E-state index contributed by atoms with van der Waals surface area (Å²) in [6.45, 7) is 6.51. The quantitative estimate of drug-likeness (QED) is 0.540. The maximum atomic E-state index is 12.5. The molecule has 0 amide bonds. The van der Waals surface area contributed by atoms with E-state index in [0.29, 0.717) is 6.54 Å². The minimum absolute atomic E-state index is 0.195. The van der Waals surface area contributed by atoms with Crippen molar-refractivity contribution in [2.75, 3.05) is 0 Å². The first-order valence-electron chi connectivity index (χ1n) is 7.28. The van der Waals surface area contributed by atoms with E-state index in [-0.39, 0.29) is 11.1 Å². The Morgan fingerprint density at radius 1 is 1.18 bits per heavy atom. The molecule has 0 aliphatic carbocycles. The fourth-order valence-corrected chi connectivity index (χ4v) is 3.54. The summed E-state index contributed by atoms with van der Waals surface area (Å²) in [7, 11) is 0. The minimum atomic E-state index is -0.195. The number of benzene rings is 1. The number of nitriles is 1. The standard InChI is InChI=1S/C18H15N3O/c1-9-4-11(3)17-12(5-9)16-14(20-17)8-21-15(16)6-10(2)13(7-19)18(21)22/h4-6,20H,8H2,1-3H3. The van der Waals surface area contributed by atoms with Crippen LogP contribution in [0.1, 0.15) is 27.9 Å². The van der Waals surface area contributed by atoms with Gasteiger partial charge in [-0.05, 0) is 44.0 Å². The summed E-state index contributed by atoms with van der Waals surface area (Å²) in [6.07, 6.45) is 0. The van der Waals surface area contributed by atoms with Gasteiger partial charge in [0.25, 0.3) is 5.56 Å². The van der Waals surface area contributed by atoms with Gasteiger partial charge >= 0.3 is 0 Å². The number of hydrogen-bond donors (Lipinski definition) is 1. The van der Waals surface area contributed by atoms with E-state index in [0.717, 1.165) is 33.4 Å². The summed E-state index contributed by atoms with van der Waals surface area (Å²) in [5.41, 5.74) is 7.41. The van der Waals surface area contributed by atoms with Crippen LogP contribution < -0.4 is 5.56 Å². The zero-order chi connectivity index (χ0) is 15.6. The highest BCUT2D eigenvalue weighted by atomic mass is 16.1. The first kappa shape index (κ1) is 12.9. The molecule has 3 heterocycles. The van der Waals surface area contributed by atoms with Crippen molar-refractivity contribution in [1.29, 1.82) is 5.26 Å². The number of aromatic nitrogens is 2. The van der Waals surface area contributed by atoms with Gasteiger partial charge < -0.3 is 9.55 Å². The van der Waals surface area contributed by atoms with Gasteiger partial charge in [-0.1, -0.05) is 11.6 Å². The Hall–Kier alpha value is -2.80. The lowest BCUT2D eigenvalue weighted by atomic mass is 10.0. The smallest absolute Gasteiger partial charge is 0.269 e. The molecule has 3 aromatic rings. The largest absolute Gasteiger partial charge is 0.356 e. The molecule has 0 atom stereocenters. The van der Waals surface area contributed by atoms with Gasteiger partial charge in [0.2, 0.25) is 0 Å². The normalized spacial score (nSPS) is 12.3. The Bertz CT molecular complexity index is 1060. The zero-order valence-electron chi connectivity index (χ0n) is 12.7. The summed E-state index contributed by atoms with van der Waals surface area (Å²) in [5.74, 6) is 0. The maximum absolute atomic E-state index is 12.5. The predicted molar refractivity (Wildman–Crippen MR) is 86.0 cm³/mol. The molecule has 1 N–H and O–H groups in total. The Morgan fingerprint density at radius 3 is 2.68 bits per heavy atom. The summed E-state index contributed by atoms with van der Waals surface area (Å²) < 4.78 is 1.70. The van der Waals surface area contributed by atoms with Crippen LogP contribution in [-0.4, -0.2) is 9.55 Å². The number of nitrogens with one attached hydrogen (secondary N) is 1. The molecule has 0 fully saturated rings. The first-order valence-corrected chi connectivity index (χ1v) is 7.28.